The number of hydrogen-bond acceptors (Lipinski definition) is 2. The lowest BCUT2D eigenvalue weighted by Gasteiger charge is -2.14. The fourth-order valence-corrected chi connectivity index (χ4v) is 0.855. The molecule has 0 aromatic rings. The zero-order chi connectivity index (χ0) is 11.1. The lowest BCUT2D eigenvalue weighted by molar-refractivity contribution is -0.764. The van der Waals surface area contributed by atoms with Crippen molar-refractivity contribution < 1.29 is 27.0 Å². The first-order valence-electron chi connectivity index (χ1n) is 3.44. The first kappa shape index (κ1) is 11.0. The van der Waals surface area contributed by atoms with Crippen molar-refractivity contribution in [2.45, 2.75) is 19.0 Å². The zero-order valence-corrected chi connectivity index (χ0v) is 6.99. The van der Waals surface area contributed by atoms with Crippen molar-refractivity contribution in [1.82, 2.24) is 0 Å². The molecule has 0 aromatic heterocycles. The molecule has 1 aliphatic rings. The van der Waals surface area contributed by atoms with Gasteiger partial charge in [-0.25, -0.2) is 0 Å². The zero-order valence-electron chi connectivity index (χ0n) is 6.99. The van der Waals surface area contributed by atoms with Gasteiger partial charge in [0.2, 0.25) is 0 Å². The average Bonchev–Trinajstić information content (AvgIpc) is 2.27. The van der Waals surface area contributed by atoms with Gasteiger partial charge >= 0.3 is 12.1 Å². The fourth-order valence-electron chi connectivity index (χ4n) is 0.855. The van der Waals surface area contributed by atoms with E-state index in [1.807, 2.05) is 0 Å². The van der Waals surface area contributed by atoms with Gasteiger partial charge in [0.1, 0.15) is 0 Å². The Balaban J connectivity index is 2.99. The van der Waals surface area contributed by atoms with E-state index < -0.39 is 28.8 Å². The van der Waals surface area contributed by atoms with Gasteiger partial charge in [0, 0.05) is 6.92 Å². The van der Waals surface area contributed by atoms with Gasteiger partial charge in [-0.15, -0.1) is 7.05 Å². The second-order valence-electron chi connectivity index (χ2n) is 2.73. The third kappa shape index (κ3) is 2.06. The van der Waals surface area contributed by atoms with Crippen molar-refractivity contribution in [3.63, 3.8) is 0 Å². The fraction of sp³-hybridized carbons (Fsp3) is 0.500. The number of hydrogen-bond donors (Lipinski definition) is 1. The molecule has 1 unspecified atom stereocenters. The standard InChI is InChI=1S/C6H6F5N3/c1-5(7,8)4-12-3(6(9,10)11)13-14(4)2/h14H,2H2,1H3. The normalized spacial score (nSPS) is 23.5. The summed E-state index contributed by atoms with van der Waals surface area (Å²) in [5.74, 6) is -6.09. The predicted molar refractivity (Wildman–Crippen MR) is 37.9 cm³/mol. The summed E-state index contributed by atoms with van der Waals surface area (Å²) in [7, 11) is 2.97. The van der Waals surface area contributed by atoms with E-state index in [1.54, 1.807) is 0 Å². The van der Waals surface area contributed by atoms with Crippen LogP contribution in [0.1, 0.15) is 6.92 Å². The van der Waals surface area contributed by atoms with Gasteiger partial charge in [0.15, 0.2) is 0 Å². The van der Waals surface area contributed by atoms with E-state index in [-0.39, 0.29) is 0 Å². The Morgan fingerprint density at radius 1 is 1.21 bits per heavy atom. The third-order valence-corrected chi connectivity index (χ3v) is 1.40. The summed E-state index contributed by atoms with van der Waals surface area (Å²) in [5, 5.41) is 2.17. The summed E-state index contributed by atoms with van der Waals surface area (Å²) in [6, 6.07) is 0. The smallest absolute Gasteiger partial charge is 0.287 e. The molecule has 1 rings (SSSR count). The van der Waals surface area contributed by atoms with Crippen LogP contribution in [0.15, 0.2) is 10.1 Å². The van der Waals surface area contributed by atoms with Crippen LogP contribution in [-0.2, 0) is 0 Å². The number of alkyl halides is 5. The van der Waals surface area contributed by atoms with Crippen LogP contribution < -0.4 is 5.01 Å². The van der Waals surface area contributed by atoms with Crippen LogP contribution in [-0.4, -0.2) is 23.8 Å². The monoisotopic (exact) mass is 215 g/mol. The van der Waals surface area contributed by atoms with Crippen molar-refractivity contribution in [3.8, 4) is 0 Å². The Bertz CT molecular complexity index is 298. The number of nitrogens with one attached hydrogen (secondary N) is 1. The van der Waals surface area contributed by atoms with Crippen molar-refractivity contribution in [2.24, 2.45) is 10.1 Å². The molecule has 0 spiro atoms. The Morgan fingerprint density at radius 3 is 1.93 bits per heavy atom. The first-order valence-corrected chi connectivity index (χ1v) is 3.44. The summed E-state index contributed by atoms with van der Waals surface area (Å²) < 4.78 is 61.1. The molecule has 1 atom stereocenters. The molecule has 0 saturated carbocycles. The highest BCUT2D eigenvalue weighted by atomic mass is 19.4. The number of halogens is 5. The van der Waals surface area contributed by atoms with Crippen molar-refractivity contribution >= 4 is 11.7 Å². The van der Waals surface area contributed by atoms with Crippen LogP contribution in [0, 0.1) is 7.05 Å². The molecule has 0 fully saturated rings. The second kappa shape index (κ2) is 2.97. The second-order valence-corrected chi connectivity index (χ2v) is 2.73. The lowest BCUT2D eigenvalue weighted by Crippen LogP contribution is -3.06. The molecule has 8 heteroatoms. The maximum Gasteiger partial charge on any atom is 0.457 e. The molecule has 1 N–H and O–H groups in total. The summed E-state index contributed by atoms with van der Waals surface area (Å²) in [4.78, 5) is 2.70. The molecule has 80 valence electrons. The molecule has 14 heavy (non-hydrogen) atoms. The van der Waals surface area contributed by atoms with Crippen molar-refractivity contribution in [2.75, 3.05) is 0 Å². The average molecular weight is 215 g/mol. The maximum absolute atomic E-state index is 12.6. The minimum atomic E-state index is -4.82. The Hall–Kier alpha value is -1.05. The number of amidine groups is 2. The summed E-state index contributed by atoms with van der Waals surface area (Å²) in [6.45, 7) is 0.436. The number of aliphatic imine (C=N–C) groups is 1. The topological polar surface area (TPSA) is 29.2 Å². The van der Waals surface area contributed by atoms with Gasteiger partial charge in [-0.1, -0.05) is 5.10 Å². The van der Waals surface area contributed by atoms with Crippen molar-refractivity contribution in [3.05, 3.63) is 7.05 Å². The molecule has 0 radical (unpaired) electrons. The molecule has 3 nitrogen and oxygen atoms in total. The molecule has 1 aliphatic heterocycles. The van der Waals surface area contributed by atoms with Gasteiger partial charge in [-0.05, 0) is 0 Å². The molecule has 1 heterocycles. The van der Waals surface area contributed by atoms with E-state index in [0.29, 0.717) is 6.92 Å². The van der Waals surface area contributed by atoms with E-state index in [9.17, 15) is 22.0 Å². The highest BCUT2D eigenvalue weighted by Crippen LogP contribution is 2.21. The van der Waals surface area contributed by atoms with Crippen LogP contribution in [0.2, 0.25) is 0 Å². The maximum atomic E-state index is 12.6. The van der Waals surface area contributed by atoms with Crippen LogP contribution in [0.3, 0.4) is 0 Å². The van der Waals surface area contributed by atoms with Crippen LogP contribution >= 0.6 is 0 Å². The number of nitrogens with zero attached hydrogens (tertiary/aromatic N) is 2. The summed E-state index contributed by atoms with van der Waals surface area (Å²) >= 11 is 0. The molecule has 0 amide bonds. The van der Waals surface area contributed by atoms with Gasteiger partial charge in [0.25, 0.3) is 11.7 Å². The summed E-state index contributed by atoms with van der Waals surface area (Å²) in [6.07, 6.45) is -4.82. The predicted octanol–water partition coefficient (Wildman–Crippen LogP) is 0.606. The molecule has 0 aliphatic carbocycles. The van der Waals surface area contributed by atoms with Crippen molar-refractivity contribution in [1.29, 1.82) is 0 Å². The van der Waals surface area contributed by atoms with E-state index in [1.165, 1.54) is 0 Å². The largest absolute Gasteiger partial charge is 0.457 e. The van der Waals surface area contributed by atoms with E-state index in [0.717, 1.165) is 0 Å². The summed E-state index contributed by atoms with van der Waals surface area (Å²) in [5.41, 5.74) is 0. The van der Waals surface area contributed by atoms with E-state index >= 15 is 0 Å². The molecule has 0 aromatic carbocycles. The van der Waals surface area contributed by atoms with Crippen LogP contribution in [0.4, 0.5) is 22.0 Å². The minimum Gasteiger partial charge on any atom is -0.287 e. The number of rotatable bonds is 1. The quantitative estimate of drug-likeness (QED) is 0.490. The highest BCUT2D eigenvalue weighted by Gasteiger charge is 2.47. The van der Waals surface area contributed by atoms with E-state index in [4.69, 9.17) is 0 Å². The van der Waals surface area contributed by atoms with Gasteiger partial charge in [-0.2, -0.15) is 26.9 Å². The minimum absolute atomic E-state index is 0.436. The van der Waals surface area contributed by atoms with Crippen LogP contribution in [0.5, 0.6) is 0 Å². The van der Waals surface area contributed by atoms with Gasteiger partial charge in [-0.3, -0.25) is 5.01 Å². The number of quaternary nitrogens is 1. The van der Waals surface area contributed by atoms with Gasteiger partial charge < -0.3 is 0 Å². The Morgan fingerprint density at radius 2 is 1.71 bits per heavy atom. The Labute approximate surface area is 75.9 Å². The first-order chi connectivity index (χ1) is 6.12. The SMILES string of the molecule is [CH2-][NH+]1N=C(C(F)(F)F)N=C1C(C)(F)F. The lowest BCUT2D eigenvalue weighted by atomic mass is 10.3. The molecule has 0 bridgehead atoms. The molecule has 0 saturated heterocycles. The van der Waals surface area contributed by atoms with E-state index in [2.05, 4.69) is 17.1 Å². The molecular weight excluding hydrogens is 209 g/mol. The van der Waals surface area contributed by atoms with Crippen LogP contribution in [0.25, 0.3) is 0 Å². The highest BCUT2D eigenvalue weighted by molar-refractivity contribution is 6.01. The Kier molecular flexibility index (Phi) is 2.34. The third-order valence-electron chi connectivity index (χ3n) is 1.40. The molecular formula is C6H6F5N3. The van der Waals surface area contributed by atoms with Gasteiger partial charge in [0.05, 0.1) is 0 Å².